The number of alkyl halides is 1. The maximum absolute atomic E-state index is 15.9. The van der Waals surface area contributed by atoms with Crippen LogP contribution in [-0.4, -0.2) is 6.61 Å². The molecule has 0 aliphatic heterocycles. The third-order valence-corrected chi connectivity index (χ3v) is 4.53. The van der Waals surface area contributed by atoms with Crippen molar-refractivity contribution in [3.63, 3.8) is 0 Å². The standard InChI is InChI=1S/C22H21F3O/c1-2-3-14-26-18-10-8-17(9-11-18)22(25)13-5-4-6-19(22)16-7-12-20(23)21(24)15-16/h4-12,15H,2-3,13-14H2,1H3. The minimum absolute atomic E-state index is 0.133. The van der Waals surface area contributed by atoms with E-state index in [-0.39, 0.29) is 6.42 Å². The van der Waals surface area contributed by atoms with Gasteiger partial charge < -0.3 is 4.74 Å². The lowest BCUT2D eigenvalue weighted by atomic mass is 9.79. The molecule has 0 radical (unpaired) electrons. The highest BCUT2D eigenvalue weighted by Crippen LogP contribution is 2.45. The quantitative estimate of drug-likeness (QED) is 0.547. The van der Waals surface area contributed by atoms with Crippen molar-refractivity contribution in [1.82, 2.24) is 0 Å². The Morgan fingerprint density at radius 1 is 1.04 bits per heavy atom. The smallest absolute Gasteiger partial charge is 0.165 e. The van der Waals surface area contributed by atoms with E-state index in [1.165, 1.54) is 6.07 Å². The van der Waals surface area contributed by atoms with Crippen molar-refractivity contribution in [2.24, 2.45) is 0 Å². The zero-order valence-electron chi connectivity index (χ0n) is 14.6. The van der Waals surface area contributed by atoms with Gasteiger partial charge in [0.1, 0.15) is 5.75 Å². The third-order valence-electron chi connectivity index (χ3n) is 4.53. The number of benzene rings is 2. The number of allylic oxidation sites excluding steroid dienone is 4. The SMILES string of the molecule is CCCCOc1ccc(C2(F)CC=CC=C2c2ccc(F)c(F)c2)cc1. The highest BCUT2D eigenvalue weighted by molar-refractivity contribution is 5.76. The van der Waals surface area contributed by atoms with Crippen molar-refractivity contribution in [2.45, 2.75) is 31.9 Å². The number of rotatable bonds is 6. The van der Waals surface area contributed by atoms with E-state index in [0.717, 1.165) is 25.0 Å². The van der Waals surface area contributed by atoms with E-state index in [1.807, 2.05) is 0 Å². The molecule has 2 aromatic rings. The van der Waals surface area contributed by atoms with Crippen molar-refractivity contribution in [3.05, 3.63) is 83.5 Å². The molecular weight excluding hydrogens is 337 g/mol. The van der Waals surface area contributed by atoms with Crippen LogP contribution < -0.4 is 4.74 Å². The maximum atomic E-state index is 15.9. The van der Waals surface area contributed by atoms with Crippen molar-refractivity contribution in [2.75, 3.05) is 6.61 Å². The molecule has 1 aliphatic carbocycles. The van der Waals surface area contributed by atoms with Gasteiger partial charge >= 0.3 is 0 Å². The van der Waals surface area contributed by atoms with Gasteiger partial charge in [0.25, 0.3) is 0 Å². The molecule has 0 amide bonds. The fourth-order valence-corrected chi connectivity index (χ4v) is 3.05. The summed E-state index contributed by atoms with van der Waals surface area (Å²) in [5.41, 5.74) is -0.695. The minimum atomic E-state index is -1.80. The first-order chi connectivity index (χ1) is 12.5. The van der Waals surface area contributed by atoms with Gasteiger partial charge in [0.2, 0.25) is 0 Å². The Morgan fingerprint density at radius 2 is 1.81 bits per heavy atom. The number of hydrogen-bond donors (Lipinski definition) is 0. The van der Waals surface area contributed by atoms with Gasteiger partial charge in [-0.1, -0.05) is 49.8 Å². The first-order valence-electron chi connectivity index (χ1n) is 8.79. The van der Waals surface area contributed by atoms with Gasteiger partial charge in [-0.05, 0) is 41.8 Å². The van der Waals surface area contributed by atoms with E-state index in [0.29, 0.717) is 29.1 Å². The molecule has 1 unspecified atom stereocenters. The van der Waals surface area contributed by atoms with Gasteiger partial charge in [0.15, 0.2) is 17.3 Å². The van der Waals surface area contributed by atoms with Crippen molar-refractivity contribution in [3.8, 4) is 5.75 Å². The zero-order valence-corrected chi connectivity index (χ0v) is 14.6. The number of halogens is 3. The zero-order chi connectivity index (χ0) is 18.6. The van der Waals surface area contributed by atoms with E-state index in [9.17, 15) is 8.78 Å². The van der Waals surface area contributed by atoms with Gasteiger partial charge in [-0.25, -0.2) is 13.2 Å². The molecular formula is C22H21F3O. The van der Waals surface area contributed by atoms with Crippen molar-refractivity contribution < 1.29 is 17.9 Å². The van der Waals surface area contributed by atoms with E-state index in [2.05, 4.69) is 6.92 Å². The molecule has 0 fully saturated rings. The van der Waals surface area contributed by atoms with Crippen LogP contribution >= 0.6 is 0 Å². The largest absolute Gasteiger partial charge is 0.494 e. The summed E-state index contributed by atoms with van der Waals surface area (Å²) in [4.78, 5) is 0. The molecule has 0 spiro atoms. The highest BCUT2D eigenvalue weighted by atomic mass is 19.2. The lowest BCUT2D eigenvalue weighted by Crippen LogP contribution is -2.23. The van der Waals surface area contributed by atoms with Crippen LogP contribution in [-0.2, 0) is 5.67 Å². The summed E-state index contributed by atoms with van der Waals surface area (Å²) in [6, 6.07) is 10.3. The molecule has 3 rings (SSSR count). The first kappa shape index (κ1) is 18.3. The molecule has 26 heavy (non-hydrogen) atoms. The number of hydrogen-bond acceptors (Lipinski definition) is 1. The normalized spacial score (nSPS) is 19.3. The molecule has 0 heterocycles. The van der Waals surface area contributed by atoms with Gasteiger partial charge in [0, 0.05) is 12.0 Å². The molecule has 0 aromatic heterocycles. The second-order valence-electron chi connectivity index (χ2n) is 6.37. The van der Waals surface area contributed by atoms with Crippen LogP contribution in [0.15, 0.2) is 60.7 Å². The van der Waals surface area contributed by atoms with Gasteiger partial charge in [-0.2, -0.15) is 0 Å². The van der Waals surface area contributed by atoms with E-state index in [4.69, 9.17) is 4.74 Å². The summed E-state index contributed by atoms with van der Waals surface area (Å²) in [7, 11) is 0. The van der Waals surface area contributed by atoms with Crippen LogP contribution in [0, 0.1) is 11.6 Å². The number of ether oxygens (including phenoxy) is 1. The first-order valence-corrected chi connectivity index (χ1v) is 8.79. The second kappa shape index (κ2) is 7.81. The molecule has 136 valence electrons. The molecule has 0 bridgehead atoms. The Labute approximate surface area is 151 Å². The maximum Gasteiger partial charge on any atom is 0.165 e. The Morgan fingerprint density at radius 3 is 2.50 bits per heavy atom. The van der Waals surface area contributed by atoms with Crippen LogP contribution in [0.2, 0.25) is 0 Å². The summed E-state index contributed by atoms with van der Waals surface area (Å²) in [6.45, 7) is 2.71. The molecule has 1 aliphatic rings. The van der Waals surface area contributed by atoms with Crippen LogP contribution in [0.3, 0.4) is 0 Å². The Bertz CT molecular complexity index is 824. The van der Waals surface area contributed by atoms with Crippen molar-refractivity contribution >= 4 is 5.57 Å². The summed E-state index contributed by atoms with van der Waals surface area (Å²) >= 11 is 0. The summed E-state index contributed by atoms with van der Waals surface area (Å²) in [6.07, 6.45) is 7.21. The minimum Gasteiger partial charge on any atom is -0.494 e. The molecule has 0 N–H and O–H groups in total. The lowest BCUT2D eigenvalue weighted by molar-refractivity contribution is 0.249. The predicted octanol–water partition coefficient (Wildman–Crippen LogP) is 6.35. The van der Waals surface area contributed by atoms with Crippen LogP contribution in [0.5, 0.6) is 5.75 Å². The topological polar surface area (TPSA) is 9.23 Å². The van der Waals surface area contributed by atoms with Crippen LogP contribution in [0.25, 0.3) is 5.57 Å². The van der Waals surface area contributed by atoms with Crippen molar-refractivity contribution in [1.29, 1.82) is 0 Å². The predicted molar refractivity (Wildman–Crippen MR) is 97.7 cm³/mol. The molecule has 1 atom stereocenters. The highest BCUT2D eigenvalue weighted by Gasteiger charge is 2.37. The average Bonchev–Trinajstić information content (AvgIpc) is 2.65. The van der Waals surface area contributed by atoms with E-state index < -0.39 is 17.3 Å². The van der Waals surface area contributed by atoms with Gasteiger partial charge in [0.05, 0.1) is 6.61 Å². The summed E-state index contributed by atoms with van der Waals surface area (Å²) < 4.78 is 48.4. The van der Waals surface area contributed by atoms with E-state index in [1.54, 1.807) is 42.5 Å². The fraction of sp³-hybridized carbons (Fsp3) is 0.273. The Kier molecular flexibility index (Phi) is 5.50. The molecule has 1 nitrogen and oxygen atoms in total. The Hall–Kier alpha value is -2.49. The van der Waals surface area contributed by atoms with Gasteiger partial charge in [-0.3, -0.25) is 0 Å². The molecule has 0 saturated carbocycles. The molecule has 2 aromatic carbocycles. The van der Waals surface area contributed by atoms with Crippen LogP contribution in [0.4, 0.5) is 13.2 Å². The second-order valence-corrected chi connectivity index (χ2v) is 6.37. The number of unbranched alkanes of at least 4 members (excludes halogenated alkanes) is 1. The molecule has 4 heteroatoms. The average molecular weight is 358 g/mol. The van der Waals surface area contributed by atoms with Gasteiger partial charge in [-0.15, -0.1) is 0 Å². The summed E-state index contributed by atoms with van der Waals surface area (Å²) in [5, 5.41) is 0. The lowest BCUT2D eigenvalue weighted by Gasteiger charge is -2.30. The third kappa shape index (κ3) is 3.69. The summed E-state index contributed by atoms with van der Waals surface area (Å²) in [5.74, 6) is -1.24. The Balaban J connectivity index is 1.90. The fourth-order valence-electron chi connectivity index (χ4n) is 3.05. The van der Waals surface area contributed by atoms with Crippen LogP contribution in [0.1, 0.15) is 37.3 Å². The molecule has 0 saturated heterocycles. The van der Waals surface area contributed by atoms with E-state index >= 15 is 4.39 Å². The monoisotopic (exact) mass is 358 g/mol.